The highest BCUT2D eigenvalue weighted by molar-refractivity contribution is 7.09. The van der Waals surface area contributed by atoms with Gasteiger partial charge < -0.3 is 14.8 Å². The van der Waals surface area contributed by atoms with Crippen molar-refractivity contribution in [1.82, 2.24) is 19.8 Å². The van der Waals surface area contributed by atoms with E-state index in [1.165, 1.54) is 4.88 Å². The minimum atomic E-state index is 0.654. The lowest BCUT2D eigenvalue weighted by atomic mass is 10.3. The molecule has 3 rings (SSSR count). The number of aliphatic imine (C=N–C) groups is 1. The lowest BCUT2D eigenvalue weighted by molar-refractivity contribution is 0.484. The van der Waals surface area contributed by atoms with E-state index in [2.05, 4.69) is 57.5 Å². The smallest absolute Gasteiger partial charge is 0.193 e. The first-order valence-electron chi connectivity index (χ1n) is 8.03. The Balaban J connectivity index is 1.61. The number of aryl methyl sites for hydroxylation is 1. The first kappa shape index (κ1) is 16.5. The Morgan fingerprint density at radius 2 is 2.12 bits per heavy atom. The third kappa shape index (κ3) is 3.59. The van der Waals surface area contributed by atoms with E-state index in [1.807, 2.05) is 25.2 Å². The molecule has 0 aliphatic carbocycles. The van der Waals surface area contributed by atoms with Crippen molar-refractivity contribution in [2.24, 2.45) is 12.0 Å². The predicted octanol–water partition coefficient (Wildman–Crippen LogP) is 2.88. The summed E-state index contributed by atoms with van der Waals surface area (Å²) >= 11 is 1.80. The summed E-state index contributed by atoms with van der Waals surface area (Å²) in [7, 11) is 5.94. The SMILES string of the molecule is CN=C(NCc1nc2ccccc2n1C)N(C)CCc1cccs1. The van der Waals surface area contributed by atoms with Crippen LogP contribution in [0.25, 0.3) is 11.0 Å². The van der Waals surface area contributed by atoms with Gasteiger partial charge in [-0.15, -0.1) is 11.3 Å². The van der Waals surface area contributed by atoms with Crippen molar-refractivity contribution in [3.8, 4) is 0 Å². The van der Waals surface area contributed by atoms with Crippen LogP contribution in [0.1, 0.15) is 10.7 Å². The number of nitrogens with one attached hydrogen (secondary N) is 1. The zero-order valence-corrected chi connectivity index (χ0v) is 15.2. The molecule has 0 aliphatic heterocycles. The van der Waals surface area contributed by atoms with Crippen molar-refractivity contribution in [1.29, 1.82) is 0 Å². The Morgan fingerprint density at radius 3 is 2.83 bits per heavy atom. The molecule has 0 bridgehead atoms. The fraction of sp³-hybridized carbons (Fsp3) is 0.333. The Kier molecular flexibility index (Phi) is 5.15. The summed E-state index contributed by atoms with van der Waals surface area (Å²) in [5.41, 5.74) is 2.17. The number of nitrogens with zero attached hydrogens (tertiary/aromatic N) is 4. The van der Waals surface area contributed by atoms with Crippen molar-refractivity contribution in [3.63, 3.8) is 0 Å². The summed E-state index contributed by atoms with van der Waals surface area (Å²) in [5, 5.41) is 5.53. The van der Waals surface area contributed by atoms with Gasteiger partial charge in [0.25, 0.3) is 0 Å². The Labute approximate surface area is 146 Å². The lowest BCUT2D eigenvalue weighted by Crippen LogP contribution is -2.39. The summed E-state index contributed by atoms with van der Waals surface area (Å²) in [6, 6.07) is 12.5. The number of thiophene rings is 1. The average molecular weight is 341 g/mol. The lowest BCUT2D eigenvalue weighted by Gasteiger charge is -2.21. The molecule has 0 fully saturated rings. The number of imidazole rings is 1. The quantitative estimate of drug-likeness (QED) is 0.573. The number of hydrogen-bond acceptors (Lipinski definition) is 3. The van der Waals surface area contributed by atoms with Crippen LogP contribution in [0.3, 0.4) is 0 Å². The molecule has 2 aromatic heterocycles. The standard InChI is InChI=1S/C18H23N5S/c1-19-18(22(2)11-10-14-7-6-12-24-14)20-13-17-21-15-8-4-5-9-16(15)23(17)3/h4-9,12H,10-11,13H2,1-3H3,(H,19,20). The topological polar surface area (TPSA) is 45.5 Å². The first-order chi connectivity index (χ1) is 11.7. The fourth-order valence-electron chi connectivity index (χ4n) is 2.73. The van der Waals surface area contributed by atoms with E-state index >= 15 is 0 Å². The first-order valence-corrected chi connectivity index (χ1v) is 8.91. The summed E-state index contributed by atoms with van der Waals surface area (Å²) in [6.45, 7) is 1.59. The molecule has 0 atom stereocenters. The van der Waals surface area contributed by atoms with E-state index in [0.717, 1.165) is 35.8 Å². The largest absolute Gasteiger partial charge is 0.349 e. The van der Waals surface area contributed by atoms with Crippen molar-refractivity contribution in [2.45, 2.75) is 13.0 Å². The molecule has 0 spiro atoms. The van der Waals surface area contributed by atoms with Crippen LogP contribution in [0.4, 0.5) is 0 Å². The molecule has 5 nitrogen and oxygen atoms in total. The van der Waals surface area contributed by atoms with Gasteiger partial charge in [0, 0.05) is 32.6 Å². The number of guanidine groups is 1. The van der Waals surface area contributed by atoms with Crippen LogP contribution < -0.4 is 5.32 Å². The normalized spacial score (nSPS) is 11.9. The van der Waals surface area contributed by atoms with Gasteiger partial charge in [0.15, 0.2) is 5.96 Å². The number of rotatable bonds is 5. The highest BCUT2D eigenvalue weighted by atomic mass is 32.1. The fourth-order valence-corrected chi connectivity index (χ4v) is 3.43. The van der Waals surface area contributed by atoms with Gasteiger partial charge in [-0.05, 0) is 30.0 Å². The second-order valence-corrected chi connectivity index (χ2v) is 6.76. The van der Waals surface area contributed by atoms with Gasteiger partial charge in [0.2, 0.25) is 0 Å². The molecule has 0 radical (unpaired) electrons. The maximum atomic E-state index is 4.69. The second kappa shape index (κ2) is 7.49. The van der Waals surface area contributed by atoms with Gasteiger partial charge >= 0.3 is 0 Å². The zero-order valence-electron chi connectivity index (χ0n) is 14.4. The molecule has 24 heavy (non-hydrogen) atoms. The van der Waals surface area contributed by atoms with Gasteiger partial charge in [-0.1, -0.05) is 18.2 Å². The highest BCUT2D eigenvalue weighted by Gasteiger charge is 2.10. The van der Waals surface area contributed by atoms with Crippen LogP contribution in [-0.2, 0) is 20.0 Å². The van der Waals surface area contributed by atoms with E-state index in [1.54, 1.807) is 11.3 Å². The molecule has 0 aliphatic rings. The number of likely N-dealkylation sites (N-methyl/N-ethyl adjacent to an activating group) is 1. The van der Waals surface area contributed by atoms with Gasteiger partial charge in [-0.2, -0.15) is 0 Å². The molecule has 6 heteroatoms. The van der Waals surface area contributed by atoms with Crippen molar-refractivity contribution in [3.05, 3.63) is 52.5 Å². The molecular weight excluding hydrogens is 318 g/mol. The average Bonchev–Trinajstić information content (AvgIpc) is 3.22. The van der Waals surface area contributed by atoms with Crippen molar-refractivity contribution < 1.29 is 0 Å². The van der Waals surface area contributed by atoms with Crippen LogP contribution in [0.15, 0.2) is 46.8 Å². The molecule has 0 saturated carbocycles. The van der Waals surface area contributed by atoms with E-state index in [0.29, 0.717) is 6.54 Å². The third-order valence-corrected chi connectivity index (χ3v) is 5.07. The van der Waals surface area contributed by atoms with E-state index in [9.17, 15) is 0 Å². The summed E-state index contributed by atoms with van der Waals surface area (Å²) < 4.78 is 2.13. The predicted molar refractivity (Wildman–Crippen MR) is 102 cm³/mol. The number of hydrogen-bond donors (Lipinski definition) is 1. The Morgan fingerprint density at radius 1 is 1.29 bits per heavy atom. The van der Waals surface area contributed by atoms with E-state index in [4.69, 9.17) is 4.98 Å². The van der Waals surface area contributed by atoms with Gasteiger partial charge in [-0.3, -0.25) is 4.99 Å². The van der Waals surface area contributed by atoms with Crippen LogP contribution in [0.2, 0.25) is 0 Å². The molecule has 1 aromatic carbocycles. The van der Waals surface area contributed by atoms with Gasteiger partial charge in [-0.25, -0.2) is 4.98 Å². The highest BCUT2D eigenvalue weighted by Crippen LogP contribution is 2.14. The maximum Gasteiger partial charge on any atom is 0.193 e. The number of benzene rings is 1. The number of aromatic nitrogens is 2. The molecule has 2 heterocycles. The molecule has 0 unspecified atom stereocenters. The third-order valence-electron chi connectivity index (χ3n) is 4.13. The number of para-hydroxylation sites is 2. The van der Waals surface area contributed by atoms with Crippen LogP contribution in [0, 0.1) is 0 Å². The van der Waals surface area contributed by atoms with Crippen molar-refractivity contribution >= 4 is 28.3 Å². The minimum absolute atomic E-state index is 0.654. The van der Waals surface area contributed by atoms with Crippen LogP contribution >= 0.6 is 11.3 Å². The summed E-state index contributed by atoms with van der Waals surface area (Å²) in [5.74, 6) is 1.89. The second-order valence-electron chi connectivity index (χ2n) is 5.73. The van der Waals surface area contributed by atoms with Gasteiger partial charge in [0.1, 0.15) is 5.82 Å². The molecule has 1 N–H and O–H groups in total. The molecule has 126 valence electrons. The summed E-state index contributed by atoms with van der Waals surface area (Å²) in [4.78, 5) is 12.6. The van der Waals surface area contributed by atoms with E-state index in [-0.39, 0.29) is 0 Å². The molecular formula is C18H23N5S. The molecule has 0 amide bonds. The Bertz CT molecular complexity index is 819. The summed E-state index contributed by atoms with van der Waals surface area (Å²) in [6.07, 6.45) is 1.03. The minimum Gasteiger partial charge on any atom is -0.349 e. The Hall–Kier alpha value is -2.34. The zero-order chi connectivity index (χ0) is 16.9. The van der Waals surface area contributed by atoms with Crippen LogP contribution in [0.5, 0.6) is 0 Å². The molecule has 0 saturated heterocycles. The molecule has 3 aromatic rings. The maximum absolute atomic E-state index is 4.69. The monoisotopic (exact) mass is 341 g/mol. The number of fused-ring (bicyclic) bond motifs is 1. The van der Waals surface area contributed by atoms with Crippen molar-refractivity contribution in [2.75, 3.05) is 20.6 Å². The van der Waals surface area contributed by atoms with E-state index < -0.39 is 0 Å². The van der Waals surface area contributed by atoms with Gasteiger partial charge in [0.05, 0.1) is 17.6 Å². The van der Waals surface area contributed by atoms with Crippen LogP contribution in [-0.4, -0.2) is 41.1 Å².